The molecule has 2 N–H and O–H groups in total. The van der Waals surface area contributed by atoms with Crippen LogP contribution in [0.25, 0.3) is 0 Å². The minimum Gasteiger partial charge on any atom is -0.506 e. The average molecular weight is 353 g/mol. The molecule has 1 aromatic carbocycles. The highest BCUT2D eigenvalue weighted by Gasteiger charge is 2.27. The number of aromatic nitrogens is 2. The molecule has 23 heavy (non-hydrogen) atoms. The maximum Gasteiger partial charge on any atom is 0.227 e. The van der Waals surface area contributed by atoms with Crippen LogP contribution in [0.1, 0.15) is 18.7 Å². The minimum atomic E-state index is -0.0874. The van der Waals surface area contributed by atoms with Gasteiger partial charge in [-0.2, -0.15) is 4.37 Å². The van der Waals surface area contributed by atoms with E-state index in [1.165, 1.54) is 17.6 Å². The molecular weight excluding hydrogens is 336 g/mol. The Balaban J connectivity index is 1.59. The molecule has 2 aromatic rings. The molecule has 0 radical (unpaired) electrons. The third-order valence-electron chi connectivity index (χ3n) is 3.87. The van der Waals surface area contributed by atoms with Gasteiger partial charge < -0.3 is 15.3 Å². The summed E-state index contributed by atoms with van der Waals surface area (Å²) >= 11 is 7.28. The fraction of sp³-hybridized carbons (Fsp3) is 0.400. The molecule has 122 valence electrons. The van der Waals surface area contributed by atoms with E-state index in [-0.39, 0.29) is 17.6 Å². The Bertz CT molecular complexity index is 713. The zero-order valence-corrected chi connectivity index (χ0v) is 14.2. The molecule has 2 heterocycles. The number of aryl methyl sites for hydroxylation is 1. The molecule has 1 aromatic heterocycles. The summed E-state index contributed by atoms with van der Waals surface area (Å²) in [6.07, 6.45) is 1.48. The molecule has 6 nitrogen and oxygen atoms in total. The van der Waals surface area contributed by atoms with E-state index >= 15 is 0 Å². The SMILES string of the molecule is Cc1nsc(N2CCC(C(=O)Nc3cc(Cl)ccc3O)CC2)n1. The zero-order valence-electron chi connectivity index (χ0n) is 12.6. The molecule has 0 aliphatic carbocycles. The number of hydrogen-bond acceptors (Lipinski definition) is 6. The molecule has 8 heteroatoms. The quantitative estimate of drug-likeness (QED) is 0.830. The van der Waals surface area contributed by atoms with Crippen LogP contribution in [0.5, 0.6) is 5.75 Å². The number of phenols is 1. The molecule has 1 fully saturated rings. The van der Waals surface area contributed by atoms with Crippen LogP contribution in [-0.4, -0.2) is 33.5 Å². The van der Waals surface area contributed by atoms with Gasteiger partial charge in [0.05, 0.1) is 5.69 Å². The molecule has 3 rings (SSSR count). The van der Waals surface area contributed by atoms with E-state index < -0.39 is 0 Å². The average Bonchev–Trinajstić information content (AvgIpc) is 2.97. The third-order valence-corrected chi connectivity index (χ3v) is 4.97. The Morgan fingerprint density at radius 2 is 2.17 bits per heavy atom. The van der Waals surface area contributed by atoms with Crippen LogP contribution >= 0.6 is 23.1 Å². The van der Waals surface area contributed by atoms with Crippen molar-refractivity contribution in [2.45, 2.75) is 19.8 Å². The number of carbonyl (C=O) groups is 1. The first kappa shape index (κ1) is 16.0. The van der Waals surface area contributed by atoms with Gasteiger partial charge in [0.1, 0.15) is 11.6 Å². The number of anilines is 2. The molecule has 1 aliphatic heterocycles. The number of halogens is 1. The van der Waals surface area contributed by atoms with Crippen molar-refractivity contribution in [1.82, 2.24) is 9.36 Å². The third kappa shape index (κ3) is 3.73. The topological polar surface area (TPSA) is 78.4 Å². The Hall–Kier alpha value is -1.86. The predicted octanol–water partition coefficient (Wildman–Crippen LogP) is 3.06. The number of carbonyl (C=O) groups excluding carboxylic acids is 1. The van der Waals surface area contributed by atoms with Gasteiger partial charge in [0.15, 0.2) is 0 Å². The van der Waals surface area contributed by atoms with Gasteiger partial charge in [0.2, 0.25) is 11.0 Å². The summed E-state index contributed by atoms with van der Waals surface area (Å²) in [6, 6.07) is 4.60. The van der Waals surface area contributed by atoms with Crippen LogP contribution in [-0.2, 0) is 4.79 Å². The molecule has 0 bridgehead atoms. The fourth-order valence-corrected chi connectivity index (χ4v) is 3.49. The molecule has 1 saturated heterocycles. The summed E-state index contributed by atoms with van der Waals surface area (Å²) in [7, 11) is 0. The van der Waals surface area contributed by atoms with Crippen molar-refractivity contribution < 1.29 is 9.90 Å². The summed E-state index contributed by atoms with van der Waals surface area (Å²) in [4.78, 5) is 18.9. The van der Waals surface area contributed by atoms with Crippen molar-refractivity contribution in [2.24, 2.45) is 5.92 Å². The van der Waals surface area contributed by atoms with Gasteiger partial charge in [0.25, 0.3) is 0 Å². The molecule has 0 atom stereocenters. The number of nitrogens with zero attached hydrogens (tertiary/aromatic N) is 3. The number of rotatable bonds is 3. The standard InChI is InChI=1S/C15H17ClN4O2S/c1-9-17-15(23-19-9)20-6-4-10(5-7-20)14(22)18-12-8-11(16)2-3-13(12)21/h2-3,8,10,21H,4-7H2,1H3,(H,18,22). The molecule has 0 saturated carbocycles. The largest absolute Gasteiger partial charge is 0.506 e. The second-order valence-corrected chi connectivity index (χ2v) is 6.70. The first-order chi connectivity index (χ1) is 11.0. The lowest BCUT2D eigenvalue weighted by Crippen LogP contribution is -2.38. The normalized spacial score (nSPS) is 15.7. The highest BCUT2D eigenvalue weighted by molar-refractivity contribution is 7.09. The fourth-order valence-electron chi connectivity index (χ4n) is 2.59. The number of hydrogen-bond donors (Lipinski definition) is 2. The van der Waals surface area contributed by atoms with Crippen molar-refractivity contribution in [2.75, 3.05) is 23.3 Å². The molecule has 0 spiro atoms. The van der Waals surface area contributed by atoms with Crippen molar-refractivity contribution in [3.05, 3.63) is 29.0 Å². The van der Waals surface area contributed by atoms with Gasteiger partial charge in [-0.05, 0) is 38.0 Å². The number of nitrogens with one attached hydrogen (secondary N) is 1. The summed E-state index contributed by atoms with van der Waals surface area (Å²) < 4.78 is 4.19. The van der Waals surface area contributed by atoms with Gasteiger partial charge in [0, 0.05) is 35.6 Å². The molecule has 0 unspecified atom stereocenters. The van der Waals surface area contributed by atoms with Gasteiger partial charge in [-0.25, -0.2) is 4.98 Å². The number of piperidine rings is 1. The Morgan fingerprint density at radius 1 is 1.43 bits per heavy atom. The minimum absolute atomic E-state index is 0.0181. The van der Waals surface area contributed by atoms with Crippen LogP contribution in [0.4, 0.5) is 10.8 Å². The Kier molecular flexibility index (Phi) is 4.68. The van der Waals surface area contributed by atoms with Gasteiger partial charge in [-0.1, -0.05) is 11.6 Å². The zero-order chi connectivity index (χ0) is 16.4. The van der Waals surface area contributed by atoms with Gasteiger partial charge in [-0.15, -0.1) is 0 Å². The van der Waals surface area contributed by atoms with Crippen LogP contribution in [0.15, 0.2) is 18.2 Å². The van der Waals surface area contributed by atoms with E-state index in [4.69, 9.17) is 11.6 Å². The molecule has 1 amide bonds. The highest BCUT2D eigenvalue weighted by Crippen LogP contribution is 2.29. The van der Waals surface area contributed by atoms with E-state index in [9.17, 15) is 9.90 Å². The summed E-state index contributed by atoms with van der Waals surface area (Å²) in [5.41, 5.74) is 0.352. The molecule has 1 aliphatic rings. The Morgan fingerprint density at radius 3 is 2.83 bits per heavy atom. The monoisotopic (exact) mass is 352 g/mol. The van der Waals surface area contributed by atoms with Crippen molar-refractivity contribution in [1.29, 1.82) is 0 Å². The van der Waals surface area contributed by atoms with Crippen molar-refractivity contribution in [3.8, 4) is 5.75 Å². The lowest BCUT2D eigenvalue weighted by Gasteiger charge is -2.30. The number of aromatic hydroxyl groups is 1. The summed E-state index contributed by atoms with van der Waals surface area (Å²) in [5.74, 6) is 0.625. The summed E-state index contributed by atoms with van der Waals surface area (Å²) in [5, 5.41) is 13.9. The lowest BCUT2D eigenvalue weighted by atomic mass is 9.96. The van der Waals surface area contributed by atoms with E-state index in [0.29, 0.717) is 10.7 Å². The van der Waals surface area contributed by atoms with Crippen molar-refractivity contribution >= 4 is 39.9 Å². The summed E-state index contributed by atoms with van der Waals surface area (Å²) in [6.45, 7) is 3.42. The predicted molar refractivity (Wildman–Crippen MR) is 91.3 cm³/mol. The Labute approximate surface area is 143 Å². The molecular formula is C15H17ClN4O2S. The van der Waals surface area contributed by atoms with E-state index in [0.717, 1.165) is 36.9 Å². The van der Waals surface area contributed by atoms with E-state index in [1.54, 1.807) is 12.1 Å². The number of amides is 1. The maximum atomic E-state index is 12.4. The van der Waals surface area contributed by atoms with Gasteiger partial charge in [-0.3, -0.25) is 4.79 Å². The second-order valence-electron chi connectivity index (χ2n) is 5.54. The highest BCUT2D eigenvalue weighted by atomic mass is 35.5. The van der Waals surface area contributed by atoms with Crippen molar-refractivity contribution in [3.63, 3.8) is 0 Å². The lowest BCUT2D eigenvalue weighted by molar-refractivity contribution is -0.120. The smallest absolute Gasteiger partial charge is 0.227 e. The number of phenolic OH excluding ortho intramolecular Hbond substituents is 1. The van der Waals surface area contributed by atoms with Crippen LogP contribution in [0, 0.1) is 12.8 Å². The van der Waals surface area contributed by atoms with E-state index in [1.807, 2.05) is 6.92 Å². The second kappa shape index (κ2) is 6.72. The van der Waals surface area contributed by atoms with Gasteiger partial charge >= 0.3 is 0 Å². The van der Waals surface area contributed by atoms with Crippen LogP contribution < -0.4 is 10.2 Å². The van der Waals surface area contributed by atoms with Crippen LogP contribution in [0.3, 0.4) is 0 Å². The number of benzene rings is 1. The maximum absolute atomic E-state index is 12.4. The first-order valence-electron chi connectivity index (χ1n) is 7.37. The van der Waals surface area contributed by atoms with E-state index in [2.05, 4.69) is 19.6 Å². The van der Waals surface area contributed by atoms with Crippen LogP contribution in [0.2, 0.25) is 5.02 Å². The first-order valence-corrected chi connectivity index (χ1v) is 8.52.